The second-order valence-electron chi connectivity index (χ2n) is 5.63. The van der Waals surface area contributed by atoms with E-state index >= 15 is 0 Å². The average Bonchev–Trinajstić information content (AvgIpc) is 3.28. The van der Waals surface area contributed by atoms with Crippen LogP contribution in [0.2, 0.25) is 5.02 Å². The molecule has 0 aliphatic carbocycles. The molecule has 10 heteroatoms. The van der Waals surface area contributed by atoms with E-state index in [2.05, 4.69) is 31.5 Å². The highest BCUT2D eigenvalue weighted by Gasteiger charge is 2.12. The molecular weight excluding hydrogens is 470 g/mol. The molecule has 0 spiro atoms. The van der Waals surface area contributed by atoms with Gasteiger partial charge in [0.05, 0.1) is 11.0 Å². The predicted molar refractivity (Wildman–Crippen MR) is 111 cm³/mol. The molecule has 0 fully saturated rings. The highest BCUT2D eigenvalue weighted by Crippen LogP contribution is 2.28. The molecule has 0 aliphatic heterocycles. The molecule has 3 rings (SSSR count). The van der Waals surface area contributed by atoms with Crippen molar-refractivity contribution in [2.24, 2.45) is 0 Å². The summed E-state index contributed by atoms with van der Waals surface area (Å²) in [5, 5.41) is 8.11. The molecular formula is C18H15BrClN3O4S. The summed E-state index contributed by atoms with van der Waals surface area (Å²) in [7, 11) is 0. The molecule has 0 bridgehead atoms. The number of thiazole rings is 1. The van der Waals surface area contributed by atoms with Crippen molar-refractivity contribution in [3.63, 3.8) is 0 Å². The molecule has 0 saturated carbocycles. The van der Waals surface area contributed by atoms with Gasteiger partial charge in [0, 0.05) is 17.3 Å². The van der Waals surface area contributed by atoms with Gasteiger partial charge in [-0.05, 0) is 46.3 Å². The van der Waals surface area contributed by atoms with Gasteiger partial charge in [0.1, 0.15) is 17.2 Å². The molecule has 3 aromatic rings. The molecule has 2 aromatic heterocycles. The minimum atomic E-state index is -0.339. The van der Waals surface area contributed by atoms with E-state index in [-0.39, 0.29) is 18.4 Å². The summed E-state index contributed by atoms with van der Waals surface area (Å²) < 4.78 is 11.8. The molecule has 7 nitrogen and oxygen atoms in total. The molecule has 28 heavy (non-hydrogen) atoms. The summed E-state index contributed by atoms with van der Waals surface area (Å²) in [4.78, 5) is 27.4. The third-order valence-electron chi connectivity index (χ3n) is 3.43. The van der Waals surface area contributed by atoms with Crippen molar-refractivity contribution >= 4 is 55.8 Å². The Morgan fingerprint density at radius 1 is 1.32 bits per heavy atom. The smallest absolute Gasteiger partial charge is 0.264 e. The monoisotopic (exact) mass is 483 g/mol. The molecule has 0 radical (unpaired) electrons. The lowest BCUT2D eigenvalue weighted by Gasteiger charge is -2.07. The third kappa shape index (κ3) is 5.57. The number of furan rings is 1. The second-order valence-corrected chi connectivity index (χ2v) is 7.77. The fourth-order valence-electron chi connectivity index (χ4n) is 2.16. The number of nitrogens with one attached hydrogen (secondary N) is 2. The molecule has 0 saturated heterocycles. The zero-order valence-corrected chi connectivity index (χ0v) is 17.8. The van der Waals surface area contributed by atoms with Crippen LogP contribution < -0.4 is 15.4 Å². The lowest BCUT2D eigenvalue weighted by Crippen LogP contribution is -2.20. The van der Waals surface area contributed by atoms with Crippen molar-refractivity contribution in [1.82, 2.24) is 10.3 Å². The van der Waals surface area contributed by atoms with E-state index in [1.54, 1.807) is 35.7 Å². The zero-order valence-electron chi connectivity index (χ0n) is 14.6. The van der Waals surface area contributed by atoms with Gasteiger partial charge in [0.15, 0.2) is 17.5 Å². The van der Waals surface area contributed by atoms with Crippen molar-refractivity contribution in [3.05, 3.63) is 51.0 Å². The van der Waals surface area contributed by atoms with Crippen LogP contribution in [0.25, 0.3) is 11.5 Å². The Kier molecular flexibility index (Phi) is 6.71. The number of halogens is 2. The molecule has 0 atom stereocenters. The minimum absolute atomic E-state index is 0.135. The van der Waals surface area contributed by atoms with Crippen LogP contribution in [0.5, 0.6) is 5.75 Å². The van der Waals surface area contributed by atoms with Crippen LogP contribution >= 0.6 is 38.9 Å². The second kappa shape index (κ2) is 9.22. The SMILES string of the molecule is CC(=O)NCc1ccc(-c2csc(NC(=O)COc3ccc(Cl)cc3Br)n2)o1. The van der Waals surface area contributed by atoms with Crippen molar-refractivity contribution < 1.29 is 18.7 Å². The topological polar surface area (TPSA) is 93.5 Å². The number of rotatable bonds is 7. The van der Waals surface area contributed by atoms with Gasteiger partial charge in [-0.15, -0.1) is 11.3 Å². The molecule has 0 unspecified atom stereocenters. The van der Waals surface area contributed by atoms with Gasteiger partial charge in [0.2, 0.25) is 5.91 Å². The van der Waals surface area contributed by atoms with Gasteiger partial charge in [0.25, 0.3) is 5.91 Å². The van der Waals surface area contributed by atoms with Gasteiger partial charge in [-0.3, -0.25) is 14.9 Å². The van der Waals surface area contributed by atoms with E-state index in [9.17, 15) is 9.59 Å². The summed E-state index contributed by atoms with van der Waals surface area (Å²) in [6.07, 6.45) is 0. The van der Waals surface area contributed by atoms with Crippen molar-refractivity contribution in [2.75, 3.05) is 11.9 Å². The Morgan fingerprint density at radius 2 is 2.14 bits per heavy atom. The Labute approximate surface area is 178 Å². The van der Waals surface area contributed by atoms with E-state index in [1.165, 1.54) is 18.3 Å². The fraction of sp³-hybridized carbons (Fsp3) is 0.167. The van der Waals surface area contributed by atoms with Gasteiger partial charge in [-0.2, -0.15) is 0 Å². The van der Waals surface area contributed by atoms with Crippen LogP contribution in [-0.2, 0) is 16.1 Å². The van der Waals surface area contributed by atoms with Crippen LogP contribution in [0.4, 0.5) is 5.13 Å². The number of anilines is 1. The Hall–Kier alpha value is -2.36. The van der Waals surface area contributed by atoms with E-state index in [4.69, 9.17) is 20.8 Å². The van der Waals surface area contributed by atoms with Gasteiger partial charge >= 0.3 is 0 Å². The molecule has 1 aromatic carbocycles. The number of hydrogen-bond donors (Lipinski definition) is 2. The highest BCUT2D eigenvalue weighted by atomic mass is 79.9. The van der Waals surface area contributed by atoms with Crippen LogP contribution in [0.15, 0.2) is 44.6 Å². The maximum Gasteiger partial charge on any atom is 0.264 e. The maximum absolute atomic E-state index is 12.1. The minimum Gasteiger partial charge on any atom is -0.483 e. The van der Waals surface area contributed by atoms with Crippen LogP contribution in [-0.4, -0.2) is 23.4 Å². The van der Waals surface area contributed by atoms with Gasteiger partial charge in [-0.25, -0.2) is 4.98 Å². The lowest BCUT2D eigenvalue weighted by molar-refractivity contribution is -0.119. The first kappa shape index (κ1) is 20.4. The third-order valence-corrected chi connectivity index (χ3v) is 5.04. The van der Waals surface area contributed by atoms with E-state index in [0.717, 1.165) is 0 Å². The van der Waals surface area contributed by atoms with Crippen molar-refractivity contribution in [2.45, 2.75) is 13.5 Å². The fourth-order valence-corrected chi connectivity index (χ4v) is 3.67. The predicted octanol–water partition coefficient (Wildman–Crippen LogP) is 4.47. The van der Waals surface area contributed by atoms with E-state index in [0.29, 0.717) is 44.1 Å². The number of carbonyl (C=O) groups excluding carboxylic acids is 2. The average molecular weight is 485 g/mol. The maximum atomic E-state index is 12.1. The van der Waals surface area contributed by atoms with E-state index in [1.807, 2.05) is 0 Å². The normalized spacial score (nSPS) is 10.5. The number of nitrogens with zero attached hydrogens (tertiary/aromatic N) is 1. The Morgan fingerprint density at radius 3 is 2.89 bits per heavy atom. The molecule has 2 amide bonds. The number of aromatic nitrogens is 1. The Bertz CT molecular complexity index is 1000. The largest absolute Gasteiger partial charge is 0.483 e. The molecule has 2 N–H and O–H groups in total. The zero-order chi connectivity index (χ0) is 20.1. The highest BCUT2D eigenvalue weighted by molar-refractivity contribution is 9.10. The summed E-state index contributed by atoms with van der Waals surface area (Å²) in [5.74, 6) is 1.21. The summed E-state index contributed by atoms with van der Waals surface area (Å²) in [6.45, 7) is 1.58. The molecule has 2 heterocycles. The van der Waals surface area contributed by atoms with Crippen LogP contribution in [0, 0.1) is 0 Å². The summed E-state index contributed by atoms with van der Waals surface area (Å²) in [6, 6.07) is 8.57. The van der Waals surface area contributed by atoms with Crippen LogP contribution in [0.3, 0.4) is 0 Å². The summed E-state index contributed by atoms with van der Waals surface area (Å²) >= 11 is 10.5. The summed E-state index contributed by atoms with van der Waals surface area (Å²) in [5.41, 5.74) is 0.593. The first-order chi connectivity index (χ1) is 13.4. The van der Waals surface area contributed by atoms with Crippen LogP contribution in [0.1, 0.15) is 12.7 Å². The number of benzene rings is 1. The van der Waals surface area contributed by atoms with Gasteiger partial charge in [-0.1, -0.05) is 11.6 Å². The Balaban J connectivity index is 1.55. The molecule has 146 valence electrons. The number of hydrogen-bond acceptors (Lipinski definition) is 6. The standard InChI is InChI=1S/C18H15BrClN3O4S/c1-10(24)21-7-12-3-5-16(27-12)14-9-28-18(22-14)23-17(25)8-26-15-4-2-11(20)6-13(15)19/h2-6,9H,7-8H2,1H3,(H,21,24)(H,22,23,25). The van der Waals surface area contributed by atoms with Gasteiger partial charge < -0.3 is 14.5 Å². The first-order valence-electron chi connectivity index (χ1n) is 8.07. The number of carbonyl (C=O) groups is 2. The van der Waals surface area contributed by atoms with E-state index < -0.39 is 0 Å². The molecule has 0 aliphatic rings. The lowest BCUT2D eigenvalue weighted by atomic mass is 10.3. The first-order valence-corrected chi connectivity index (χ1v) is 10.1. The number of ether oxygens (including phenoxy) is 1. The number of amides is 2. The van der Waals surface area contributed by atoms with Crippen molar-refractivity contribution in [1.29, 1.82) is 0 Å². The van der Waals surface area contributed by atoms with Crippen molar-refractivity contribution in [3.8, 4) is 17.2 Å². The quantitative estimate of drug-likeness (QED) is 0.516.